The molecule has 17 heavy (non-hydrogen) atoms. The number of aliphatic hydroxyl groups is 1. The SMILES string of the molecule is COc1ccc(C(C)(C)CO)c(OC)c1OC. The molecule has 1 aromatic rings. The van der Waals surface area contributed by atoms with E-state index in [1.165, 1.54) is 0 Å². The van der Waals surface area contributed by atoms with Crippen LogP contribution in [0.5, 0.6) is 17.2 Å². The predicted octanol–water partition coefficient (Wildman–Crippen LogP) is 1.98. The van der Waals surface area contributed by atoms with Crippen LogP contribution in [0.25, 0.3) is 0 Å². The summed E-state index contributed by atoms with van der Waals surface area (Å²) in [5, 5.41) is 9.43. The number of hydrogen-bond acceptors (Lipinski definition) is 4. The minimum absolute atomic E-state index is 0.0266. The first-order valence-corrected chi connectivity index (χ1v) is 5.42. The van der Waals surface area contributed by atoms with Crippen LogP contribution >= 0.6 is 0 Å². The molecule has 4 heteroatoms. The van der Waals surface area contributed by atoms with Crippen LogP contribution in [-0.2, 0) is 5.41 Å². The second-order valence-corrected chi connectivity index (χ2v) is 4.42. The van der Waals surface area contributed by atoms with Crippen LogP contribution in [0.4, 0.5) is 0 Å². The monoisotopic (exact) mass is 240 g/mol. The minimum Gasteiger partial charge on any atom is -0.493 e. The number of rotatable bonds is 5. The van der Waals surface area contributed by atoms with Gasteiger partial charge >= 0.3 is 0 Å². The van der Waals surface area contributed by atoms with Crippen LogP contribution in [0.3, 0.4) is 0 Å². The molecular formula is C13H20O4. The third-order valence-electron chi connectivity index (χ3n) is 2.83. The van der Waals surface area contributed by atoms with Gasteiger partial charge in [-0.1, -0.05) is 19.9 Å². The first-order chi connectivity index (χ1) is 8.01. The Hall–Kier alpha value is -1.42. The fourth-order valence-corrected chi connectivity index (χ4v) is 1.72. The van der Waals surface area contributed by atoms with E-state index in [1.54, 1.807) is 21.3 Å². The summed E-state index contributed by atoms with van der Waals surface area (Å²) in [6.45, 7) is 3.91. The highest BCUT2D eigenvalue weighted by atomic mass is 16.5. The highest BCUT2D eigenvalue weighted by Crippen LogP contribution is 2.44. The van der Waals surface area contributed by atoms with Crippen molar-refractivity contribution in [3.8, 4) is 17.2 Å². The van der Waals surface area contributed by atoms with Gasteiger partial charge in [-0.25, -0.2) is 0 Å². The molecule has 1 N–H and O–H groups in total. The quantitative estimate of drug-likeness (QED) is 0.855. The van der Waals surface area contributed by atoms with E-state index in [4.69, 9.17) is 14.2 Å². The van der Waals surface area contributed by atoms with Gasteiger partial charge in [0.15, 0.2) is 11.5 Å². The van der Waals surface area contributed by atoms with Crippen molar-refractivity contribution in [1.82, 2.24) is 0 Å². The molecule has 0 unspecified atom stereocenters. The van der Waals surface area contributed by atoms with Gasteiger partial charge in [0.05, 0.1) is 27.9 Å². The maximum atomic E-state index is 9.43. The molecule has 0 amide bonds. The predicted molar refractivity (Wildman–Crippen MR) is 66.2 cm³/mol. The molecule has 96 valence electrons. The van der Waals surface area contributed by atoms with E-state index < -0.39 is 5.41 Å². The number of aliphatic hydroxyl groups excluding tert-OH is 1. The fraction of sp³-hybridized carbons (Fsp3) is 0.538. The first-order valence-electron chi connectivity index (χ1n) is 5.42. The van der Waals surface area contributed by atoms with Crippen molar-refractivity contribution in [2.45, 2.75) is 19.3 Å². The summed E-state index contributed by atoms with van der Waals surface area (Å²) in [5.74, 6) is 1.77. The van der Waals surface area contributed by atoms with Gasteiger partial charge in [-0.3, -0.25) is 0 Å². The zero-order valence-electron chi connectivity index (χ0n) is 11.0. The van der Waals surface area contributed by atoms with Gasteiger partial charge in [0.1, 0.15) is 0 Å². The number of methoxy groups -OCH3 is 3. The van der Waals surface area contributed by atoms with Gasteiger partial charge in [0.25, 0.3) is 0 Å². The van der Waals surface area contributed by atoms with Crippen molar-refractivity contribution >= 4 is 0 Å². The lowest BCUT2D eigenvalue weighted by Crippen LogP contribution is -2.23. The Labute approximate surface area is 102 Å². The lowest BCUT2D eigenvalue weighted by atomic mass is 9.84. The molecule has 0 aliphatic carbocycles. The summed E-state index contributed by atoms with van der Waals surface area (Å²) >= 11 is 0. The lowest BCUT2D eigenvalue weighted by Gasteiger charge is -2.26. The van der Waals surface area contributed by atoms with E-state index >= 15 is 0 Å². The summed E-state index contributed by atoms with van der Waals surface area (Å²) < 4.78 is 15.9. The van der Waals surface area contributed by atoms with Crippen LogP contribution in [0.1, 0.15) is 19.4 Å². The topological polar surface area (TPSA) is 47.9 Å². The van der Waals surface area contributed by atoms with Crippen LogP contribution in [0.15, 0.2) is 12.1 Å². The Morgan fingerprint density at radius 3 is 2.00 bits per heavy atom. The molecular weight excluding hydrogens is 220 g/mol. The molecule has 0 aliphatic heterocycles. The molecule has 0 heterocycles. The van der Waals surface area contributed by atoms with Crippen LogP contribution < -0.4 is 14.2 Å². The van der Waals surface area contributed by atoms with E-state index in [0.717, 1.165) is 5.56 Å². The summed E-state index contributed by atoms with van der Waals surface area (Å²) in [5.41, 5.74) is 0.491. The van der Waals surface area contributed by atoms with Gasteiger partial charge in [-0.15, -0.1) is 0 Å². The largest absolute Gasteiger partial charge is 0.493 e. The summed E-state index contributed by atoms with van der Waals surface area (Å²) in [6, 6.07) is 3.70. The van der Waals surface area contributed by atoms with Crippen LogP contribution in [0.2, 0.25) is 0 Å². The second-order valence-electron chi connectivity index (χ2n) is 4.42. The van der Waals surface area contributed by atoms with Gasteiger partial charge in [0, 0.05) is 11.0 Å². The Kier molecular flexibility index (Phi) is 4.23. The van der Waals surface area contributed by atoms with Gasteiger partial charge < -0.3 is 19.3 Å². The molecule has 0 radical (unpaired) electrons. The van der Waals surface area contributed by atoms with Gasteiger partial charge in [-0.05, 0) is 6.07 Å². The Morgan fingerprint density at radius 1 is 1.00 bits per heavy atom. The van der Waals surface area contributed by atoms with E-state index in [0.29, 0.717) is 17.2 Å². The van der Waals surface area contributed by atoms with Crippen molar-refractivity contribution in [2.24, 2.45) is 0 Å². The highest BCUT2D eigenvalue weighted by molar-refractivity contribution is 5.57. The Bertz CT molecular complexity index is 385. The Morgan fingerprint density at radius 2 is 1.59 bits per heavy atom. The fourth-order valence-electron chi connectivity index (χ4n) is 1.72. The van der Waals surface area contributed by atoms with E-state index in [1.807, 2.05) is 26.0 Å². The molecule has 0 fully saturated rings. The average Bonchev–Trinajstić information content (AvgIpc) is 2.36. The normalized spacial score (nSPS) is 11.2. The van der Waals surface area contributed by atoms with E-state index in [9.17, 15) is 5.11 Å². The van der Waals surface area contributed by atoms with Crippen molar-refractivity contribution in [2.75, 3.05) is 27.9 Å². The summed E-state index contributed by atoms with van der Waals surface area (Å²) in [4.78, 5) is 0. The zero-order valence-corrected chi connectivity index (χ0v) is 11.0. The molecule has 4 nitrogen and oxygen atoms in total. The zero-order chi connectivity index (χ0) is 13.1. The van der Waals surface area contributed by atoms with Crippen molar-refractivity contribution in [3.63, 3.8) is 0 Å². The maximum Gasteiger partial charge on any atom is 0.203 e. The molecule has 0 aromatic heterocycles. The van der Waals surface area contributed by atoms with E-state index in [-0.39, 0.29) is 6.61 Å². The highest BCUT2D eigenvalue weighted by Gasteiger charge is 2.27. The van der Waals surface area contributed by atoms with Crippen LogP contribution in [-0.4, -0.2) is 33.0 Å². The molecule has 0 aliphatic rings. The van der Waals surface area contributed by atoms with Gasteiger partial charge in [0.2, 0.25) is 5.75 Å². The van der Waals surface area contributed by atoms with Crippen LogP contribution in [0, 0.1) is 0 Å². The Balaban J connectivity index is 3.43. The third-order valence-corrected chi connectivity index (χ3v) is 2.83. The van der Waals surface area contributed by atoms with Gasteiger partial charge in [-0.2, -0.15) is 0 Å². The third kappa shape index (κ3) is 2.47. The standard InChI is InChI=1S/C13H20O4/c1-13(2,8-14)9-6-7-10(15-3)12(17-5)11(9)16-4/h6-7,14H,8H2,1-5H3. The lowest BCUT2D eigenvalue weighted by molar-refractivity contribution is 0.213. The maximum absolute atomic E-state index is 9.43. The second kappa shape index (κ2) is 5.27. The first kappa shape index (κ1) is 13.6. The van der Waals surface area contributed by atoms with E-state index in [2.05, 4.69) is 0 Å². The molecule has 0 saturated heterocycles. The number of ether oxygens (including phenoxy) is 3. The number of benzene rings is 1. The smallest absolute Gasteiger partial charge is 0.203 e. The number of hydrogen-bond donors (Lipinski definition) is 1. The summed E-state index contributed by atoms with van der Waals surface area (Å²) in [7, 11) is 4.72. The van der Waals surface area contributed by atoms with Crippen molar-refractivity contribution < 1.29 is 19.3 Å². The van der Waals surface area contributed by atoms with Crippen molar-refractivity contribution in [3.05, 3.63) is 17.7 Å². The molecule has 0 saturated carbocycles. The average molecular weight is 240 g/mol. The molecule has 0 spiro atoms. The molecule has 1 rings (SSSR count). The van der Waals surface area contributed by atoms with Crippen molar-refractivity contribution in [1.29, 1.82) is 0 Å². The molecule has 0 atom stereocenters. The molecule has 1 aromatic carbocycles. The summed E-state index contributed by atoms with van der Waals surface area (Å²) in [6.07, 6.45) is 0. The molecule has 0 bridgehead atoms. The minimum atomic E-state index is -0.398.